The summed E-state index contributed by atoms with van der Waals surface area (Å²) in [7, 11) is 0. The first-order chi connectivity index (χ1) is 11.1. The third-order valence-electron chi connectivity index (χ3n) is 3.35. The second-order valence-corrected chi connectivity index (χ2v) is 4.79. The highest BCUT2D eigenvalue weighted by molar-refractivity contribution is 5.80. The van der Waals surface area contributed by atoms with Gasteiger partial charge >= 0.3 is 0 Å². The number of anilines is 1. The molecule has 23 heavy (non-hydrogen) atoms. The van der Waals surface area contributed by atoms with Crippen molar-refractivity contribution in [1.82, 2.24) is 9.97 Å². The average Bonchev–Trinajstić information content (AvgIpc) is 2.57. The number of hydrogen-bond acceptors (Lipinski definition) is 4. The average molecular weight is 308 g/mol. The van der Waals surface area contributed by atoms with Crippen LogP contribution < -0.4 is 5.73 Å². The normalized spacial score (nSPS) is 10.3. The lowest BCUT2D eigenvalue weighted by Crippen LogP contribution is -2.01. The van der Waals surface area contributed by atoms with E-state index in [0.717, 1.165) is 18.2 Å². The standard InChI is InChI=1S/C17H10F2N4/c18-11-1-2-15(19)13(7-11)12-8-16(10-3-5-22-6-4-10)23-17(21)14(12)9-20/h1-8H,(H2,21,23). The molecule has 0 spiro atoms. The Labute approximate surface area is 130 Å². The largest absolute Gasteiger partial charge is 0.383 e. The molecule has 2 N–H and O–H groups in total. The lowest BCUT2D eigenvalue weighted by molar-refractivity contribution is 0.603. The number of nitrogen functional groups attached to an aromatic ring is 1. The Kier molecular flexibility index (Phi) is 3.69. The van der Waals surface area contributed by atoms with Crippen molar-refractivity contribution in [3.8, 4) is 28.5 Å². The van der Waals surface area contributed by atoms with Crippen LogP contribution in [0, 0.1) is 23.0 Å². The summed E-state index contributed by atoms with van der Waals surface area (Å²) in [4.78, 5) is 8.08. The van der Waals surface area contributed by atoms with E-state index in [0.29, 0.717) is 11.3 Å². The minimum absolute atomic E-state index is 0.00676. The number of nitriles is 1. The zero-order valence-electron chi connectivity index (χ0n) is 11.8. The summed E-state index contributed by atoms with van der Waals surface area (Å²) >= 11 is 0. The van der Waals surface area contributed by atoms with Gasteiger partial charge in [-0.2, -0.15) is 5.26 Å². The van der Waals surface area contributed by atoms with E-state index in [9.17, 15) is 14.0 Å². The summed E-state index contributed by atoms with van der Waals surface area (Å²) in [5.41, 5.74) is 7.15. The molecule has 0 unspecified atom stereocenters. The Morgan fingerprint density at radius 3 is 2.43 bits per heavy atom. The summed E-state index contributed by atoms with van der Waals surface area (Å²) in [6, 6.07) is 9.88. The van der Waals surface area contributed by atoms with E-state index in [1.54, 1.807) is 24.5 Å². The first-order valence-electron chi connectivity index (χ1n) is 6.66. The van der Waals surface area contributed by atoms with E-state index in [1.165, 1.54) is 6.07 Å². The molecule has 0 saturated carbocycles. The van der Waals surface area contributed by atoms with Crippen LogP contribution >= 0.6 is 0 Å². The summed E-state index contributed by atoms with van der Waals surface area (Å²) in [6.07, 6.45) is 3.15. The van der Waals surface area contributed by atoms with Crippen molar-refractivity contribution in [2.45, 2.75) is 0 Å². The second kappa shape index (κ2) is 5.81. The fourth-order valence-corrected chi connectivity index (χ4v) is 2.27. The maximum atomic E-state index is 14.1. The maximum absolute atomic E-state index is 14.1. The van der Waals surface area contributed by atoms with E-state index >= 15 is 0 Å². The van der Waals surface area contributed by atoms with Gasteiger partial charge in [0.15, 0.2) is 0 Å². The van der Waals surface area contributed by atoms with Crippen molar-refractivity contribution in [3.05, 3.63) is 66.0 Å². The van der Waals surface area contributed by atoms with E-state index < -0.39 is 11.6 Å². The van der Waals surface area contributed by atoms with Crippen LogP contribution in [0.5, 0.6) is 0 Å². The van der Waals surface area contributed by atoms with Crippen molar-refractivity contribution in [2.75, 3.05) is 5.73 Å². The number of aromatic nitrogens is 2. The van der Waals surface area contributed by atoms with Gasteiger partial charge in [0.1, 0.15) is 29.1 Å². The van der Waals surface area contributed by atoms with E-state index in [4.69, 9.17) is 5.73 Å². The summed E-state index contributed by atoms with van der Waals surface area (Å²) in [5.74, 6) is -1.29. The predicted octanol–water partition coefficient (Wildman–Crippen LogP) is 3.54. The lowest BCUT2D eigenvalue weighted by Gasteiger charge is -2.11. The van der Waals surface area contributed by atoms with Gasteiger partial charge in [-0.05, 0) is 36.4 Å². The summed E-state index contributed by atoms with van der Waals surface area (Å²) in [5, 5.41) is 9.29. The summed E-state index contributed by atoms with van der Waals surface area (Å²) < 4.78 is 27.6. The molecule has 4 nitrogen and oxygen atoms in total. The third-order valence-corrected chi connectivity index (χ3v) is 3.35. The molecular formula is C17H10F2N4. The molecule has 6 heteroatoms. The van der Waals surface area contributed by atoms with Crippen LogP contribution in [0.2, 0.25) is 0 Å². The molecule has 2 heterocycles. The molecule has 0 aliphatic rings. The lowest BCUT2D eigenvalue weighted by atomic mass is 9.98. The quantitative estimate of drug-likeness (QED) is 0.785. The van der Waals surface area contributed by atoms with Gasteiger partial charge in [0, 0.05) is 29.1 Å². The Morgan fingerprint density at radius 1 is 1.00 bits per heavy atom. The zero-order valence-corrected chi connectivity index (χ0v) is 11.8. The Morgan fingerprint density at radius 2 is 1.74 bits per heavy atom. The Bertz CT molecular complexity index is 918. The minimum atomic E-state index is -0.644. The van der Waals surface area contributed by atoms with Crippen LogP contribution in [0.3, 0.4) is 0 Å². The molecule has 3 rings (SSSR count). The monoisotopic (exact) mass is 308 g/mol. The van der Waals surface area contributed by atoms with E-state index in [1.807, 2.05) is 6.07 Å². The molecule has 0 saturated heterocycles. The fraction of sp³-hybridized carbons (Fsp3) is 0. The summed E-state index contributed by atoms with van der Waals surface area (Å²) in [6.45, 7) is 0. The molecule has 3 aromatic rings. The van der Waals surface area contributed by atoms with Gasteiger partial charge < -0.3 is 5.73 Å². The molecule has 0 radical (unpaired) electrons. The van der Waals surface area contributed by atoms with E-state index in [2.05, 4.69) is 9.97 Å². The molecule has 112 valence electrons. The second-order valence-electron chi connectivity index (χ2n) is 4.79. The molecule has 0 aliphatic carbocycles. The minimum Gasteiger partial charge on any atom is -0.383 e. The number of nitrogens with two attached hydrogens (primary N) is 1. The number of hydrogen-bond donors (Lipinski definition) is 1. The predicted molar refractivity (Wildman–Crippen MR) is 81.9 cm³/mol. The maximum Gasteiger partial charge on any atom is 0.142 e. The van der Waals surface area contributed by atoms with Gasteiger partial charge in [0.2, 0.25) is 0 Å². The number of rotatable bonds is 2. The van der Waals surface area contributed by atoms with Crippen LogP contribution in [0.25, 0.3) is 22.4 Å². The molecule has 0 bridgehead atoms. The van der Waals surface area contributed by atoms with Gasteiger partial charge in [-0.1, -0.05) is 0 Å². The van der Waals surface area contributed by atoms with Crippen molar-refractivity contribution in [1.29, 1.82) is 5.26 Å². The van der Waals surface area contributed by atoms with Crippen LogP contribution in [-0.2, 0) is 0 Å². The molecule has 0 aliphatic heterocycles. The van der Waals surface area contributed by atoms with Crippen LogP contribution in [0.1, 0.15) is 5.56 Å². The highest BCUT2D eigenvalue weighted by Crippen LogP contribution is 2.32. The Hall–Kier alpha value is -3.33. The highest BCUT2D eigenvalue weighted by Gasteiger charge is 2.16. The molecule has 0 atom stereocenters. The first-order valence-corrected chi connectivity index (χ1v) is 6.66. The number of halogens is 2. The molecular weight excluding hydrogens is 298 g/mol. The SMILES string of the molecule is N#Cc1c(-c2cc(F)ccc2F)cc(-c2ccncc2)nc1N. The van der Waals surface area contributed by atoms with Crippen LogP contribution in [0.4, 0.5) is 14.6 Å². The highest BCUT2D eigenvalue weighted by atomic mass is 19.1. The topological polar surface area (TPSA) is 75.6 Å². The third kappa shape index (κ3) is 2.72. The van der Waals surface area contributed by atoms with Crippen LogP contribution in [-0.4, -0.2) is 9.97 Å². The Balaban J connectivity index is 2.29. The van der Waals surface area contributed by atoms with Crippen molar-refractivity contribution >= 4 is 5.82 Å². The molecule has 2 aromatic heterocycles. The van der Waals surface area contributed by atoms with Gasteiger partial charge in [-0.3, -0.25) is 4.98 Å². The smallest absolute Gasteiger partial charge is 0.142 e. The number of nitrogens with zero attached hydrogens (tertiary/aromatic N) is 3. The van der Waals surface area contributed by atoms with Gasteiger partial charge in [0.25, 0.3) is 0 Å². The zero-order chi connectivity index (χ0) is 16.4. The first kappa shape index (κ1) is 14.6. The van der Waals surface area contributed by atoms with E-state index in [-0.39, 0.29) is 22.5 Å². The number of pyridine rings is 2. The van der Waals surface area contributed by atoms with Gasteiger partial charge in [0.05, 0.1) is 5.69 Å². The van der Waals surface area contributed by atoms with Gasteiger partial charge in [-0.25, -0.2) is 13.8 Å². The van der Waals surface area contributed by atoms with Crippen molar-refractivity contribution in [3.63, 3.8) is 0 Å². The molecule has 0 fully saturated rings. The molecule has 1 aromatic carbocycles. The van der Waals surface area contributed by atoms with Crippen LogP contribution in [0.15, 0.2) is 48.8 Å². The van der Waals surface area contributed by atoms with Gasteiger partial charge in [-0.15, -0.1) is 0 Å². The number of benzene rings is 1. The fourth-order valence-electron chi connectivity index (χ4n) is 2.27. The molecule has 0 amide bonds. The van der Waals surface area contributed by atoms with Crippen molar-refractivity contribution < 1.29 is 8.78 Å². The van der Waals surface area contributed by atoms with Crippen molar-refractivity contribution in [2.24, 2.45) is 0 Å².